The summed E-state index contributed by atoms with van der Waals surface area (Å²) in [7, 11) is 0. The zero-order chi connectivity index (χ0) is 15.2. The molecule has 116 valence electrons. The molecule has 0 aromatic carbocycles. The van der Waals surface area contributed by atoms with E-state index in [1.54, 1.807) is 12.3 Å². The van der Waals surface area contributed by atoms with Gasteiger partial charge in [0.05, 0.1) is 6.61 Å². The normalized spacial score (nSPS) is 18.7. The lowest BCUT2D eigenvalue weighted by molar-refractivity contribution is 0.0526. The van der Waals surface area contributed by atoms with Gasteiger partial charge in [0, 0.05) is 18.5 Å². The summed E-state index contributed by atoms with van der Waals surface area (Å²) < 4.78 is 4.86. The van der Waals surface area contributed by atoms with E-state index in [-0.39, 0.29) is 16.6 Å². The highest BCUT2D eigenvalue weighted by molar-refractivity contribution is 7.11. The molecule has 0 aliphatic carbocycles. The van der Waals surface area contributed by atoms with Crippen molar-refractivity contribution in [1.82, 2.24) is 15.2 Å². The van der Waals surface area contributed by atoms with Crippen LogP contribution >= 0.6 is 11.3 Å². The van der Waals surface area contributed by atoms with Gasteiger partial charge in [-0.2, -0.15) is 0 Å². The lowest BCUT2D eigenvalue weighted by Crippen LogP contribution is -2.31. The van der Waals surface area contributed by atoms with Gasteiger partial charge in [0.2, 0.25) is 5.01 Å². The third-order valence-electron chi connectivity index (χ3n) is 3.56. The molecule has 0 radical (unpaired) electrons. The van der Waals surface area contributed by atoms with E-state index in [1.165, 1.54) is 0 Å². The number of aromatic nitrogens is 1. The maximum Gasteiger partial charge on any atom is 0.367 e. The fourth-order valence-corrected chi connectivity index (χ4v) is 3.05. The van der Waals surface area contributed by atoms with Crippen LogP contribution in [-0.4, -0.2) is 54.5 Å². The van der Waals surface area contributed by atoms with Crippen molar-refractivity contribution in [2.45, 2.75) is 20.3 Å². The molecule has 1 aromatic rings. The fourth-order valence-electron chi connectivity index (χ4n) is 2.36. The molecule has 0 spiro atoms. The SMILES string of the molecule is CCOC(=O)c1nc(C(=O)NCC2CCN(CC)C2)cs1. The van der Waals surface area contributed by atoms with Crippen molar-refractivity contribution < 1.29 is 14.3 Å². The predicted molar refractivity (Wildman–Crippen MR) is 80.6 cm³/mol. The van der Waals surface area contributed by atoms with Crippen LogP contribution in [0, 0.1) is 5.92 Å². The van der Waals surface area contributed by atoms with Crippen molar-refractivity contribution in [1.29, 1.82) is 0 Å². The van der Waals surface area contributed by atoms with E-state index < -0.39 is 5.97 Å². The number of thiazole rings is 1. The molecular formula is C14H21N3O3S. The first kappa shape index (κ1) is 15.9. The van der Waals surface area contributed by atoms with Gasteiger partial charge in [-0.1, -0.05) is 6.92 Å². The van der Waals surface area contributed by atoms with Crippen LogP contribution in [0.15, 0.2) is 5.38 Å². The molecule has 21 heavy (non-hydrogen) atoms. The average Bonchev–Trinajstić information content (AvgIpc) is 3.14. The van der Waals surface area contributed by atoms with Gasteiger partial charge in [0.1, 0.15) is 5.69 Å². The topological polar surface area (TPSA) is 71.5 Å². The zero-order valence-corrected chi connectivity index (χ0v) is 13.2. The Kier molecular flexibility index (Phi) is 5.69. The van der Waals surface area contributed by atoms with Crippen LogP contribution < -0.4 is 5.32 Å². The number of ether oxygens (including phenoxy) is 1. The number of carbonyl (C=O) groups excluding carboxylic acids is 2. The monoisotopic (exact) mass is 311 g/mol. The Balaban J connectivity index is 1.82. The maximum atomic E-state index is 12.0. The molecule has 1 amide bonds. The summed E-state index contributed by atoms with van der Waals surface area (Å²) in [5.41, 5.74) is 0.286. The van der Waals surface area contributed by atoms with E-state index in [1.807, 2.05) is 0 Å². The Labute approximate surface area is 128 Å². The summed E-state index contributed by atoms with van der Waals surface area (Å²) in [4.78, 5) is 29.9. The number of rotatable bonds is 6. The van der Waals surface area contributed by atoms with Gasteiger partial charge in [-0.3, -0.25) is 4.79 Å². The number of hydrogen-bond donors (Lipinski definition) is 1. The molecule has 0 bridgehead atoms. The highest BCUT2D eigenvalue weighted by atomic mass is 32.1. The van der Waals surface area contributed by atoms with Gasteiger partial charge in [-0.25, -0.2) is 9.78 Å². The molecule has 0 saturated carbocycles. The number of esters is 1. The zero-order valence-electron chi connectivity index (χ0n) is 12.4. The molecular weight excluding hydrogens is 290 g/mol. The first-order valence-electron chi connectivity index (χ1n) is 7.27. The second-order valence-corrected chi connectivity index (χ2v) is 5.87. The van der Waals surface area contributed by atoms with Crippen molar-refractivity contribution in [3.63, 3.8) is 0 Å². The third-order valence-corrected chi connectivity index (χ3v) is 4.38. The van der Waals surface area contributed by atoms with Gasteiger partial charge in [-0.15, -0.1) is 11.3 Å². The van der Waals surface area contributed by atoms with Crippen molar-refractivity contribution in [2.75, 3.05) is 32.8 Å². The second kappa shape index (κ2) is 7.51. The molecule has 6 nitrogen and oxygen atoms in total. The molecule has 1 atom stereocenters. The van der Waals surface area contributed by atoms with Crippen LogP contribution in [0.25, 0.3) is 0 Å². The third kappa shape index (κ3) is 4.25. The fraction of sp³-hybridized carbons (Fsp3) is 0.643. The summed E-state index contributed by atoms with van der Waals surface area (Å²) in [5, 5.41) is 4.71. The Bertz CT molecular complexity index is 503. The summed E-state index contributed by atoms with van der Waals surface area (Å²) >= 11 is 1.13. The van der Waals surface area contributed by atoms with Crippen LogP contribution in [0.4, 0.5) is 0 Å². The highest BCUT2D eigenvalue weighted by Gasteiger charge is 2.22. The van der Waals surface area contributed by atoms with E-state index >= 15 is 0 Å². The highest BCUT2D eigenvalue weighted by Crippen LogP contribution is 2.15. The maximum absolute atomic E-state index is 12.0. The minimum atomic E-state index is -0.476. The van der Waals surface area contributed by atoms with Gasteiger partial charge in [-0.05, 0) is 32.4 Å². The summed E-state index contributed by atoms with van der Waals surface area (Å²) in [6.07, 6.45) is 1.11. The summed E-state index contributed by atoms with van der Waals surface area (Å²) in [5.74, 6) is -0.204. The molecule has 2 rings (SSSR count). The van der Waals surface area contributed by atoms with Gasteiger partial charge < -0.3 is 15.0 Å². The van der Waals surface area contributed by atoms with Gasteiger partial charge >= 0.3 is 5.97 Å². The summed E-state index contributed by atoms with van der Waals surface area (Å²) in [6, 6.07) is 0. The Morgan fingerprint density at radius 2 is 2.33 bits per heavy atom. The smallest absolute Gasteiger partial charge is 0.367 e. The first-order chi connectivity index (χ1) is 10.1. The van der Waals surface area contributed by atoms with Crippen LogP contribution in [0.5, 0.6) is 0 Å². The van der Waals surface area contributed by atoms with Crippen LogP contribution in [-0.2, 0) is 4.74 Å². The van der Waals surface area contributed by atoms with Crippen molar-refractivity contribution in [3.05, 3.63) is 16.1 Å². The Morgan fingerprint density at radius 1 is 1.52 bits per heavy atom. The molecule has 1 aliphatic rings. The molecule has 1 N–H and O–H groups in total. The lowest BCUT2D eigenvalue weighted by Gasteiger charge is -2.13. The van der Waals surface area contributed by atoms with Gasteiger partial charge in [0.25, 0.3) is 5.91 Å². The van der Waals surface area contributed by atoms with Crippen molar-refractivity contribution in [3.8, 4) is 0 Å². The summed E-state index contributed by atoms with van der Waals surface area (Å²) in [6.45, 7) is 8.02. The van der Waals surface area contributed by atoms with E-state index in [2.05, 4.69) is 22.1 Å². The molecule has 1 unspecified atom stereocenters. The van der Waals surface area contributed by atoms with E-state index in [0.29, 0.717) is 19.1 Å². The largest absolute Gasteiger partial charge is 0.461 e. The number of nitrogens with one attached hydrogen (secondary N) is 1. The standard InChI is InChI=1S/C14H21N3O3S/c1-3-17-6-5-10(8-17)7-15-12(18)11-9-21-13(16-11)14(19)20-4-2/h9-10H,3-8H2,1-2H3,(H,15,18). The minimum Gasteiger partial charge on any atom is -0.461 e. The van der Waals surface area contributed by atoms with E-state index in [9.17, 15) is 9.59 Å². The quantitative estimate of drug-likeness (QED) is 0.804. The van der Waals surface area contributed by atoms with Gasteiger partial charge in [0.15, 0.2) is 0 Å². The molecule has 7 heteroatoms. The molecule has 1 aliphatic heterocycles. The predicted octanol–water partition coefficient (Wildman–Crippen LogP) is 1.39. The average molecular weight is 311 g/mol. The molecule has 1 fully saturated rings. The first-order valence-corrected chi connectivity index (χ1v) is 8.15. The van der Waals surface area contributed by atoms with Crippen LogP contribution in [0.2, 0.25) is 0 Å². The number of likely N-dealkylation sites (tertiary alicyclic amines) is 1. The number of carbonyl (C=O) groups is 2. The number of amides is 1. The van der Waals surface area contributed by atoms with E-state index in [0.717, 1.165) is 37.4 Å². The van der Waals surface area contributed by atoms with Crippen molar-refractivity contribution >= 4 is 23.2 Å². The number of hydrogen-bond acceptors (Lipinski definition) is 6. The molecule has 2 heterocycles. The van der Waals surface area contributed by atoms with Crippen molar-refractivity contribution in [2.24, 2.45) is 5.92 Å². The van der Waals surface area contributed by atoms with E-state index in [4.69, 9.17) is 4.74 Å². The van der Waals surface area contributed by atoms with Crippen LogP contribution in [0.1, 0.15) is 40.6 Å². The molecule has 1 saturated heterocycles. The Hall–Kier alpha value is -1.47. The minimum absolute atomic E-state index is 0.222. The number of nitrogens with zero attached hydrogens (tertiary/aromatic N) is 2. The second-order valence-electron chi connectivity index (χ2n) is 5.02. The lowest BCUT2D eigenvalue weighted by atomic mass is 10.1. The Morgan fingerprint density at radius 3 is 3.00 bits per heavy atom. The van der Waals surface area contributed by atoms with Crippen LogP contribution in [0.3, 0.4) is 0 Å². The molecule has 1 aromatic heterocycles.